The van der Waals surface area contributed by atoms with Crippen LogP contribution in [0.25, 0.3) is 10.2 Å². The minimum Gasteiger partial charge on any atom is -0.312 e. The lowest BCUT2D eigenvalue weighted by atomic mass is 10.2. The molecule has 0 atom stereocenters. The van der Waals surface area contributed by atoms with Gasteiger partial charge in [0, 0.05) is 5.56 Å². The molecule has 0 bridgehead atoms. The third-order valence-corrected chi connectivity index (χ3v) is 2.68. The van der Waals surface area contributed by atoms with Gasteiger partial charge in [0.25, 0.3) is 0 Å². The summed E-state index contributed by atoms with van der Waals surface area (Å²) < 4.78 is 0.887. The molecule has 15 heavy (non-hydrogen) atoms. The highest BCUT2D eigenvalue weighted by Gasteiger charge is 1.98. The number of fused-ring (bicyclic) bond motifs is 1. The lowest BCUT2D eigenvalue weighted by Crippen LogP contribution is -1.89. The number of thiazole rings is 1. The van der Waals surface area contributed by atoms with Crippen molar-refractivity contribution in [3.8, 4) is 11.8 Å². The van der Waals surface area contributed by atoms with Crippen LogP contribution in [-0.4, -0.2) is 11.3 Å². The van der Waals surface area contributed by atoms with Gasteiger partial charge >= 0.3 is 4.87 Å². The molecule has 0 aliphatic carbocycles. The molecular formula is C11H7NO2S. The van der Waals surface area contributed by atoms with Crippen molar-refractivity contribution in [2.75, 3.05) is 0 Å². The highest BCUT2D eigenvalue weighted by Crippen LogP contribution is 2.15. The fourth-order valence-corrected chi connectivity index (χ4v) is 1.99. The molecule has 0 saturated heterocycles. The molecule has 1 heterocycles. The molecule has 1 aromatic heterocycles. The van der Waals surface area contributed by atoms with Crippen LogP contribution in [0.2, 0.25) is 0 Å². The van der Waals surface area contributed by atoms with Crippen LogP contribution in [0.4, 0.5) is 0 Å². The normalized spacial score (nSPS) is 9.60. The number of rotatable bonds is 1. The third kappa shape index (κ3) is 2.14. The van der Waals surface area contributed by atoms with Gasteiger partial charge in [-0.2, -0.15) is 0 Å². The summed E-state index contributed by atoms with van der Waals surface area (Å²) in [5, 5.41) is 0. The molecule has 0 aliphatic heterocycles. The van der Waals surface area contributed by atoms with Crippen LogP contribution in [0.15, 0.2) is 23.0 Å². The second-order valence-electron chi connectivity index (χ2n) is 2.90. The number of aromatic amines is 1. The van der Waals surface area contributed by atoms with Gasteiger partial charge in [-0.1, -0.05) is 23.2 Å². The molecule has 0 saturated carbocycles. The molecule has 1 aromatic carbocycles. The second kappa shape index (κ2) is 4.11. The summed E-state index contributed by atoms with van der Waals surface area (Å²) in [5.41, 5.74) is 1.64. The quantitative estimate of drug-likeness (QED) is 0.581. The van der Waals surface area contributed by atoms with Crippen molar-refractivity contribution >= 4 is 27.8 Å². The Labute approximate surface area is 89.8 Å². The van der Waals surface area contributed by atoms with Crippen LogP contribution in [-0.2, 0) is 4.79 Å². The van der Waals surface area contributed by atoms with Gasteiger partial charge in [-0.25, -0.2) is 0 Å². The minimum absolute atomic E-state index is 0.0667. The summed E-state index contributed by atoms with van der Waals surface area (Å²) in [5.74, 6) is 5.58. The molecular weight excluding hydrogens is 210 g/mol. The number of aromatic nitrogens is 1. The lowest BCUT2D eigenvalue weighted by molar-refractivity contribution is -0.107. The molecule has 74 valence electrons. The van der Waals surface area contributed by atoms with Crippen molar-refractivity contribution in [2.24, 2.45) is 0 Å². The average molecular weight is 217 g/mol. The maximum atomic E-state index is 11.0. The Morgan fingerprint density at radius 1 is 1.47 bits per heavy atom. The molecule has 4 heteroatoms. The first-order valence-corrected chi connectivity index (χ1v) is 5.16. The Hall–Kier alpha value is -1.86. The number of carbonyl (C=O) groups is 1. The zero-order chi connectivity index (χ0) is 10.7. The summed E-state index contributed by atoms with van der Waals surface area (Å²) in [4.78, 5) is 23.8. The van der Waals surface area contributed by atoms with E-state index in [-0.39, 0.29) is 11.3 Å². The molecule has 0 amide bonds. The molecule has 1 N–H and O–H groups in total. The first-order chi connectivity index (χ1) is 7.29. The summed E-state index contributed by atoms with van der Waals surface area (Å²) in [7, 11) is 0. The van der Waals surface area contributed by atoms with E-state index < -0.39 is 0 Å². The standard InChI is InChI=1S/C11H7NO2S/c13-6-2-1-3-8-4-5-9-10(7-8)15-11(14)12-9/h4-7H,2H2,(H,12,14). The van der Waals surface area contributed by atoms with Gasteiger partial charge < -0.3 is 9.78 Å². The fraction of sp³-hybridized carbons (Fsp3) is 0.0909. The molecule has 0 fully saturated rings. The zero-order valence-corrected chi connectivity index (χ0v) is 8.56. The van der Waals surface area contributed by atoms with E-state index in [4.69, 9.17) is 0 Å². The van der Waals surface area contributed by atoms with Crippen LogP contribution in [0.5, 0.6) is 0 Å². The topological polar surface area (TPSA) is 49.9 Å². The van der Waals surface area contributed by atoms with Gasteiger partial charge in [-0.05, 0) is 18.2 Å². The number of hydrogen-bond acceptors (Lipinski definition) is 3. The van der Waals surface area contributed by atoms with Gasteiger partial charge in [-0.15, -0.1) is 0 Å². The maximum Gasteiger partial charge on any atom is 0.305 e. The molecule has 0 spiro atoms. The summed E-state index contributed by atoms with van der Waals surface area (Å²) >= 11 is 1.16. The Morgan fingerprint density at radius 2 is 2.33 bits per heavy atom. The Balaban J connectivity index is 2.43. The molecule has 0 aliphatic rings. The summed E-state index contributed by atoms with van der Waals surface area (Å²) in [6.45, 7) is 0. The van der Waals surface area contributed by atoms with E-state index in [0.717, 1.165) is 33.4 Å². The predicted octanol–water partition coefficient (Wildman–Crippen LogP) is 1.53. The Kier molecular flexibility index (Phi) is 2.66. The van der Waals surface area contributed by atoms with Crippen molar-refractivity contribution < 1.29 is 4.79 Å². The van der Waals surface area contributed by atoms with E-state index in [0.29, 0.717) is 0 Å². The smallest absolute Gasteiger partial charge is 0.305 e. The molecule has 2 rings (SSSR count). The Morgan fingerprint density at radius 3 is 3.13 bits per heavy atom. The van der Waals surface area contributed by atoms with Gasteiger partial charge in [0.15, 0.2) is 0 Å². The van der Waals surface area contributed by atoms with E-state index in [1.165, 1.54) is 0 Å². The SMILES string of the molecule is O=CCC#Cc1ccc2[nH]c(=O)sc2c1. The van der Waals surface area contributed by atoms with Crippen LogP contribution < -0.4 is 4.87 Å². The number of hydrogen-bond donors (Lipinski definition) is 1. The van der Waals surface area contributed by atoms with Crippen LogP contribution in [0.3, 0.4) is 0 Å². The van der Waals surface area contributed by atoms with E-state index in [9.17, 15) is 9.59 Å². The number of H-pyrrole nitrogens is 1. The maximum absolute atomic E-state index is 11.0. The average Bonchev–Trinajstić information content (AvgIpc) is 2.57. The number of carbonyl (C=O) groups excluding carboxylic acids is 1. The molecule has 0 radical (unpaired) electrons. The Bertz CT molecular complexity index is 613. The van der Waals surface area contributed by atoms with E-state index in [2.05, 4.69) is 16.8 Å². The fourth-order valence-electron chi connectivity index (χ4n) is 1.22. The monoisotopic (exact) mass is 217 g/mol. The van der Waals surface area contributed by atoms with Gasteiger partial charge in [0.2, 0.25) is 0 Å². The largest absolute Gasteiger partial charge is 0.312 e. The van der Waals surface area contributed by atoms with Crippen molar-refractivity contribution in [2.45, 2.75) is 6.42 Å². The number of aldehydes is 1. The van der Waals surface area contributed by atoms with Gasteiger partial charge in [0.05, 0.1) is 16.6 Å². The van der Waals surface area contributed by atoms with Crippen molar-refractivity contribution in [1.29, 1.82) is 0 Å². The second-order valence-corrected chi connectivity index (χ2v) is 3.91. The highest BCUT2D eigenvalue weighted by atomic mass is 32.1. The van der Waals surface area contributed by atoms with Crippen molar-refractivity contribution in [1.82, 2.24) is 4.98 Å². The number of benzene rings is 1. The first-order valence-electron chi connectivity index (χ1n) is 4.35. The summed E-state index contributed by atoms with van der Waals surface area (Å²) in [6.07, 6.45) is 1.00. The van der Waals surface area contributed by atoms with Gasteiger partial charge in [-0.3, -0.25) is 4.79 Å². The molecule has 0 unspecified atom stereocenters. The summed E-state index contributed by atoms with van der Waals surface area (Å²) in [6, 6.07) is 5.48. The molecule has 3 nitrogen and oxygen atoms in total. The molecule has 2 aromatic rings. The number of nitrogens with one attached hydrogen (secondary N) is 1. The van der Waals surface area contributed by atoms with Crippen molar-refractivity contribution in [3.05, 3.63) is 33.4 Å². The van der Waals surface area contributed by atoms with Crippen LogP contribution in [0.1, 0.15) is 12.0 Å². The van der Waals surface area contributed by atoms with E-state index in [1.54, 1.807) is 0 Å². The minimum atomic E-state index is -0.0667. The highest BCUT2D eigenvalue weighted by molar-refractivity contribution is 7.16. The van der Waals surface area contributed by atoms with Gasteiger partial charge in [0.1, 0.15) is 6.29 Å². The van der Waals surface area contributed by atoms with Crippen LogP contribution >= 0.6 is 11.3 Å². The van der Waals surface area contributed by atoms with E-state index >= 15 is 0 Å². The zero-order valence-electron chi connectivity index (χ0n) is 7.74. The lowest BCUT2D eigenvalue weighted by Gasteiger charge is -1.89. The van der Waals surface area contributed by atoms with Crippen LogP contribution in [0, 0.1) is 11.8 Å². The van der Waals surface area contributed by atoms with Crippen molar-refractivity contribution in [3.63, 3.8) is 0 Å². The third-order valence-electron chi connectivity index (χ3n) is 1.84. The first kappa shape index (κ1) is 9.69. The van der Waals surface area contributed by atoms with E-state index in [1.807, 2.05) is 18.2 Å². The predicted molar refractivity (Wildman–Crippen MR) is 60.0 cm³/mol.